The molecule has 0 aliphatic carbocycles. The summed E-state index contributed by atoms with van der Waals surface area (Å²) in [7, 11) is 3.35. The van der Waals surface area contributed by atoms with Crippen LogP contribution >= 0.6 is 27.3 Å². The Hall–Kier alpha value is -1.04. The lowest BCUT2D eigenvalue weighted by Crippen LogP contribution is -2.23. The van der Waals surface area contributed by atoms with Crippen molar-refractivity contribution in [1.82, 2.24) is 5.32 Å². The third kappa shape index (κ3) is 3.99. The first-order valence-corrected chi connectivity index (χ1v) is 8.54. The van der Waals surface area contributed by atoms with Crippen LogP contribution in [0.2, 0.25) is 0 Å². The number of rotatable bonds is 7. The van der Waals surface area contributed by atoms with Gasteiger partial charge in [-0.15, -0.1) is 11.3 Å². The second-order valence-electron chi connectivity index (χ2n) is 4.63. The van der Waals surface area contributed by atoms with Crippen molar-refractivity contribution >= 4 is 27.3 Å². The second kappa shape index (κ2) is 7.82. The van der Waals surface area contributed by atoms with Gasteiger partial charge in [-0.05, 0) is 34.6 Å². The molecule has 0 amide bonds. The highest BCUT2D eigenvalue weighted by Gasteiger charge is 2.19. The molecule has 114 valence electrons. The van der Waals surface area contributed by atoms with Gasteiger partial charge in [0.25, 0.3) is 0 Å². The molecule has 0 radical (unpaired) electrons. The zero-order chi connectivity index (χ0) is 15.2. The molecule has 21 heavy (non-hydrogen) atoms. The molecule has 0 aliphatic rings. The Bertz CT molecular complexity index is 585. The van der Waals surface area contributed by atoms with Crippen LogP contribution < -0.4 is 14.8 Å². The summed E-state index contributed by atoms with van der Waals surface area (Å²) in [5.74, 6) is 1.58. The van der Waals surface area contributed by atoms with E-state index in [-0.39, 0.29) is 6.04 Å². The van der Waals surface area contributed by atoms with Crippen LogP contribution in [0.25, 0.3) is 0 Å². The number of thiophene rings is 1. The average Bonchev–Trinajstić information content (AvgIpc) is 2.91. The van der Waals surface area contributed by atoms with Gasteiger partial charge in [-0.2, -0.15) is 0 Å². The van der Waals surface area contributed by atoms with Gasteiger partial charge in [0, 0.05) is 32.8 Å². The van der Waals surface area contributed by atoms with Crippen molar-refractivity contribution in [3.05, 3.63) is 44.6 Å². The fraction of sp³-hybridized carbons (Fsp3) is 0.375. The van der Waals surface area contributed by atoms with Crippen LogP contribution in [0.4, 0.5) is 0 Å². The number of hydrogen-bond acceptors (Lipinski definition) is 4. The fourth-order valence-electron chi connectivity index (χ4n) is 2.39. The number of likely N-dealkylation sites (N-methyl/N-ethyl adjacent to an activating group) is 1. The van der Waals surface area contributed by atoms with Gasteiger partial charge in [0.05, 0.1) is 14.2 Å². The highest BCUT2D eigenvalue weighted by atomic mass is 79.9. The third-order valence-corrected chi connectivity index (χ3v) is 5.01. The minimum Gasteiger partial charge on any atom is -0.493 e. The molecule has 0 saturated heterocycles. The number of benzene rings is 1. The fourth-order valence-corrected chi connectivity index (χ4v) is 3.89. The van der Waals surface area contributed by atoms with Crippen molar-refractivity contribution in [3.63, 3.8) is 0 Å². The molecule has 0 spiro atoms. The minimum atomic E-state index is 0.200. The van der Waals surface area contributed by atoms with Gasteiger partial charge < -0.3 is 14.8 Å². The Morgan fingerprint density at radius 3 is 2.67 bits per heavy atom. The second-order valence-corrected chi connectivity index (χ2v) is 6.54. The Labute approximate surface area is 138 Å². The van der Waals surface area contributed by atoms with Crippen LogP contribution in [0.5, 0.6) is 11.5 Å². The van der Waals surface area contributed by atoms with Gasteiger partial charge in [-0.1, -0.05) is 19.1 Å². The standard InChI is InChI=1S/C16H20BrNO2S/c1-4-18-14(9-12-8-11(17)10-21-12)13-6-5-7-15(19-2)16(13)20-3/h5-8,10,14,18H,4,9H2,1-3H3. The van der Waals surface area contributed by atoms with Crippen LogP contribution in [0.3, 0.4) is 0 Å². The Kier molecular flexibility index (Phi) is 6.08. The normalized spacial score (nSPS) is 12.2. The molecule has 0 fully saturated rings. The van der Waals surface area contributed by atoms with E-state index in [1.54, 1.807) is 25.6 Å². The van der Waals surface area contributed by atoms with Crippen LogP contribution in [-0.2, 0) is 6.42 Å². The van der Waals surface area contributed by atoms with E-state index in [0.717, 1.165) is 34.5 Å². The number of nitrogens with one attached hydrogen (secondary N) is 1. The molecule has 5 heteroatoms. The predicted octanol–water partition coefficient (Wildman–Crippen LogP) is 4.42. The van der Waals surface area contributed by atoms with E-state index in [2.05, 4.69) is 45.7 Å². The first kappa shape index (κ1) is 16.3. The maximum absolute atomic E-state index is 5.57. The van der Waals surface area contributed by atoms with E-state index in [1.165, 1.54) is 4.88 Å². The number of halogens is 1. The van der Waals surface area contributed by atoms with Gasteiger partial charge in [-0.3, -0.25) is 0 Å². The predicted molar refractivity (Wildman–Crippen MR) is 91.7 cm³/mol. The lowest BCUT2D eigenvalue weighted by Gasteiger charge is -2.21. The van der Waals surface area contributed by atoms with Crippen molar-refractivity contribution in [3.8, 4) is 11.5 Å². The molecule has 1 N–H and O–H groups in total. The summed E-state index contributed by atoms with van der Waals surface area (Å²) in [5, 5.41) is 5.65. The largest absolute Gasteiger partial charge is 0.493 e. The topological polar surface area (TPSA) is 30.5 Å². The molecular formula is C16H20BrNO2S. The summed E-state index contributed by atoms with van der Waals surface area (Å²) >= 11 is 5.28. The maximum Gasteiger partial charge on any atom is 0.165 e. The van der Waals surface area contributed by atoms with Crippen molar-refractivity contribution in [1.29, 1.82) is 0 Å². The van der Waals surface area contributed by atoms with E-state index >= 15 is 0 Å². The number of hydrogen-bond donors (Lipinski definition) is 1. The van der Waals surface area contributed by atoms with Gasteiger partial charge in [0.1, 0.15) is 0 Å². The number of para-hydroxylation sites is 1. The summed E-state index contributed by atoms with van der Waals surface area (Å²) in [6.45, 7) is 3.02. The van der Waals surface area contributed by atoms with Gasteiger partial charge in [-0.25, -0.2) is 0 Å². The molecule has 1 unspecified atom stereocenters. The Morgan fingerprint density at radius 2 is 2.10 bits per heavy atom. The van der Waals surface area contributed by atoms with Crippen molar-refractivity contribution in [2.24, 2.45) is 0 Å². The van der Waals surface area contributed by atoms with Crippen LogP contribution in [-0.4, -0.2) is 20.8 Å². The van der Waals surface area contributed by atoms with Gasteiger partial charge in [0.15, 0.2) is 11.5 Å². The van der Waals surface area contributed by atoms with Crippen LogP contribution in [0.15, 0.2) is 34.1 Å². The summed E-state index contributed by atoms with van der Waals surface area (Å²) in [6.07, 6.45) is 0.924. The number of ether oxygens (including phenoxy) is 2. The van der Waals surface area contributed by atoms with Crippen molar-refractivity contribution in [2.45, 2.75) is 19.4 Å². The van der Waals surface area contributed by atoms with E-state index < -0.39 is 0 Å². The molecule has 2 rings (SSSR count). The van der Waals surface area contributed by atoms with Crippen molar-refractivity contribution < 1.29 is 9.47 Å². The first-order valence-electron chi connectivity index (χ1n) is 6.86. The highest BCUT2D eigenvalue weighted by molar-refractivity contribution is 9.10. The van der Waals surface area contributed by atoms with Gasteiger partial charge in [0.2, 0.25) is 0 Å². The monoisotopic (exact) mass is 369 g/mol. The summed E-state index contributed by atoms with van der Waals surface area (Å²) in [6, 6.07) is 8.39. The van der Waals surface area contributed by atoms with E-state index in [0.29, 0.717) is 0 Å². The zero-order valence-electron chi connectivity index (χ0n) is 12.5. The van der Waals surface area contributed by atoms with Crippen LogP contribution in [0, 0.1) is 0 Å². The lowest BCUT2D eigenvalue weighted by atomic mass is 10.0. The SMILES string of the molecule is CCNC(Cc1cc(Br)cs1)c1cccc(OC)c1OC. The molecule has 0 bridgehead atoms. The molecule has 1 aromatic carbocycles. The quantitative estimate of drug-likeness (QED) is 0.783. The Morgan fingerprint density at radius 1 is 1.29 bits per heavy atom. The summed E-state index contributed by atoms with van der Waals surface area (Å²) in [4.78, 5) is 1.33. The molecule has 0 aliphatic heterocycles. The van der Waals surface area contributed by atoms with Crippen molar-refractivity contribution in [2.75, 3.05) is 20.8 Å². The molecular weight excluding hydrogens is 350 g/mol. The lowest BCUT2D eigenvalue weighted by molar-refractivity contribution is 0.346. The highest BCUT2D eigenvalue weighted by Crippen LogP contribution is 2.36. The summed E-state index contributed by atoms with van der Waals surface area (Å²) < 4.78 is 12.1. The first-order chi connectivity index (χ1) is 10.2. The molecule has 0 saturated carbocycles. The van der Waals surface area contributed by atoms with E-state index in [4.69, 9.17) is 9.47 Å². The number of methoxy groups -OCH3 is 2. The molecule has 3 nitrogen and oxygen atoms in total. The minimum absolute atomic E-state index is 0.200. The average molecular weight is 370 g/mol. The molecule has 1 atom stereocenters. The third-order valence-electron chi connectivity index (χ3n) is 3.29. The maximum atomic E-state index is 5.57. The molecule has 2 aromatic rings. The van der Waals surface area contributed by atoms with E-state index in [1.807, 2.05) is 12.1 Å². The molecule has 1 heterocycles. The summed E-state index contributed by atoms with van der Waals surface area (Å²) in [5.41, 5.74) is 1.13. The zero-order valence-corrected chi connectivity index (χ0v) is 14.9. The molecule has 1 aromatic heterocycles. The van der Waals surface area contributed by atoms with Crippen LogP contribution in [0.1, 0.15) is 23.4 Å². The van der Waals surface area contributed by atoms with Gasteiger partial charge >= 0.3 is 0 Å². The Balaban J connectivity index is 2.33. The smallest absolute Gasteiger partial charge is 0.165 e. The van der Waals surface area contributed by atoms with E-state index in [9.17, 15) is 0 Å².